The van der Waals surface area contributed by atoms with Gasteiger partial charge in [0.1, 0.15) is 16.9 Å². The van der Waals surface area contributed by atoms with Crippen molar-refractivity contribution in [2.75, 3.05) is 5.32 Å². The van der Waals surface area contributed by atoms with Gasteiger partial charge in [0.15, 0.2) is 4.91 Å². The second kappa shape index (κ2) is 10.0. The molecule has 3 aromatic rings. The highest BCUT2D eigenvalue weighted by molar-refractivity contribution is 8.04. The smallest absolute Gasteiger partial charge is 0.219 e. The Hall–Kier alpha value is -2.79. The lowest BCUT2D eigenvalue weighted by atomic mass is 10.2. The highest BCUT2D eigenvalue weighted by Crippen LogP contribution is 2.33. The maximum absolute atomic E-state index is 14.1. The first-order chi connectivity index (χ1) is 14.8. The minimum Gasteiger partial charge on any atom is -0.348 e. The monoisotopic (exact) mass is 472 g/mol. The van der Waals surface area contributed by atoms with Crippen LogP contribution in [0.25, 0.3) is 0 Å². The van der Waals surface area contributed by atoms with Crippen molar-refractivity contribution < 1.29 is 12.8 Å². The number of nitrogens with one attached hydrogen (secondary N) is 1. The lowest BCUT2D eigenvalue weighted by Crippen LogP contribution is -2.11. The third-order valence-electron chi connectivity index (χ3n) is 4.48. The number of sulfone groups is 1. The van der Waals surface area contributed by atoms with E-state index in [2.05, 4.69) is 5.32 Å². The van der Waals surface area contributed by atoms with E-state index in [4.69, 9.17) is 11.6 Å². The summed E-state index contributed by atoms with van der Waals surface area (Å²) in [5.74, 6) is -0.276. The van der Waals surface area contributed by atoms with Gasteiger partial charge in [0.2, 0.25) is 9.84 Å². The quantitative estimate of drug-likeness (QED) is 0.408. The van der Waals surface area contributed by atoms with Gasteiger partial charge in [0.05, 0.1) is 4.90 Å². The third-order valence-corrected chi connectivity index (χ3v) is 7.79. The van der Waals surface area contributed by atoms with E-state index in [0.717, 1.165) is 11.8 Å². The van der Waals surface area contributed by atoms with Crippen LogP contribution in [-0.4, -0.2) is 8.42 Å². The number of nitriles is 1. The molecule has 0 aliphatic rings. The van der Waals surface area contributed by atoms with Crippen LogP contribution in [0.5, 0.6) is 0 Å². The molecule has 0 aliphatic carbocycles. The zero-order valence-corrected chi connectivity index (χ0v) is 18.9. The predicted molar refractivity (Wildman–Crippen MR) is 124 cm³/mol. The lowest BCUT2D eigenvalue weighted by Gasteiger charge is -2.16. The van der Waals surface area contributed by atoms with Crippen molar-refractivity contribution >= 4 is 38.9 Å². The molecule has 0 bridgehead atoms. The van der Waals surface area contributed by atoms with E-state index in [1.165, 1.54) is 18.2 Å². The number of nitrogens with zero attached hydrogens (tertiary/aromatic N) is 1. The fraction of sp³-hybridized carbons (Fsp3) is 0.0870. The Bertz CT molecular complexity index is 1270. The molecule has 0 atom stereocenters. The van der Waals surface area contributed by atoms with Crippen LogP contribution in [0, 0.1) is 24.1 Å². The van der Waals surface area contributed by atoms with E-state index >= 15 is 0 Å². The van der Waals surface area contributed by atoms with Gasteiger partial charge < -0.3 is 5.32 Å². The Morgan fingerprint density at radius 1 is 1.06 bits per heavy atom. The molecular weight excluding hydrogens is 455 g/mol. The van der Waals surface area contributed by atoms with Crippen LogP contribution in [0.3, 0.4) is 0 Å². The van der Waals surface area contributed by atoms with Gasteiger partial charge in [0.25, 0.3) is 0 Å². The number of allylic oxidation sites excluding steroid dienone is 1. The summed E-state index contributed by atoms with van der Waals surface area (Å²) in [5, 5.41) is 13.4. The highest BCUT2D eigenvalue weighted by Gasteiger charge is 2.26. The summed E-state index contributed by atoms with van der Waals surface area (Å²) in [5.41, 5.74) is 1.64. The number of hydrogen-bond donors (Lipinski definition) is 1. The number of thioether (sulfide) groups is 1. The summed E-state index contributed by atoms with van der Waals surface area (Å²) in [4.78, 5) is -0.445. The number of hydrogen-bond acceptors (Lipinski definition) is 5. The molecule has 0 fully saturated rings. The van der Waals surface area contributed by atoms with Gasteiger partial charge in [-0.15, -0.1) is 11.8 Å². The zero-order chi connectivity index (χ0) is 22.4. The average molecular weight is 473 g/mol. The van der Waals surface area contributed by atoms with Crippen LogP contribution < -0.4 is 5.32 Å². The Labute approximate surface area is 190 Å². The van der Waals surface area contributed by atoms with Crippen LogP contribution in [0.4, 0.5) is 10.1 Å². The Morgan fingerprint density at radius 3 is 2.42 bits per heavy atom. The topological polar surface area (TPSA) is 70.0 Å². The second-order valence-electron chi connectivity index (χ2n) is 6.50. The maximum atomic E-state index is 14.1. The zero-order valence-electron chi connectivity index (χ0n) is 16.5. The fourth-order valence-electron chi connectivity index (χ4n) is 2.74. The molecule has 158 valence electrons. The van der Waals surface area contributed by atoms with Crippen molar-refractivity contribution in [3.63, 3.8) is 0 Å². The Morgan fingerprint density at radius 2 is 1.74 bits per heavy atom. The molecule has 3 aromatic carbocycles. The summed E-state index contributed by atoms with van der Waals surface area (Å²) in [7, 11) is -4.10. The number of rotatable bonds is 7. The molecule has 0 spiro atoms. The van der Waals surface area contributed by atoms with Crippen LogP contribution in [0.1, 0.15) is 11.1 Å². The van der Waals surface area contributed by atoms with Crippen molar-refractivity contribution in [3.05, 3.63) is 105 Å². The van der Waals surface area contributed by atoms with Gasteiger partial charge in [-0.05, 0) is 48.4 Å². The van der Waals surface area contributed by atoms with Crippen molar-refractivity contribution in [2.45, 2.75) is 17.6 Å². The molecule has 0 saturated carbocycles. The molecule has 3 rings (SSSR count). The van der Waals surface area contributed by atoms with Gasteiger partial charge in [-0.2, -0.15) is 5.26 Å². The van der Waals surface area contributed by atoms with Crippen molar-refractivity contribution in [3.8, 4) is 6.07 Å². The van der Waals surface area contributed by atoms with Crippen LogP contribution >= 0.6 is 23.4 Å². The van der Waals surface area contributed by atoms with Gasteiger partial charge in [-0.25, -0.2) is 12.8 Å². The molecule has 0 unspecified atom stereocenters. The van der Waals surface area contributed by atoms with Crippen LogP contribution in [-0.2, 0) is 15.6 Å². The molecule has 8 heteroatoms. The molecule has 0 heterocycles. The molecule has 0 aromatic heterocycles. The molecular formula is C23H18ClFN2O2S2. The van der Waals surface area contributed by atoms with E-state index in [-0.39, 0.29) is 15.7 Å². The Balaban J connectivity index is 2.09. The first-order valence-corrected chi connectivity index (χ1v) is 12.0. The highest BCUT2D eigenvalue weighted by atomic mass is 35.5. The van der Waals surface area contributed by atoms with Gasteiger partial charge in [-0.3, -0.25) is 0 Å². The minimum absolute atomic E-state index is 0.000146. The molecule has 31 heavy (non-hydrogen) atoms. The molecule has 0 saturated heterocycles. The fourth-order valence-corrected chi connectivity index (χ4v) is 5.48. The number of halogens is 2. The Kier molecular flexibility index (Phi) is 7.39. The summed E-state index contributed by atoms with van der Waals surface area (Å²) in [6.45, 7) is 1.78. The number of benzene rings is 3. The van der Waals surface area contributed by atoms with Gasteiger partial charge in [0, 0.05) is 16.5 Å². The van der Waals surface area contributed by atoms with Gasteiger partial charge >= 0.3 is 0 Å². The minimum atomic E-state index is -4.10. The number of anilines is 1. The van der Waals surface area contributed by atoms with E-state index in [1.54, 1.807) is 61.5 Å². The summed E-state index contributed by atoms with van der Waals surface area (Å²) in [6, 6.07) is 20.9. The summed E-state index contributed by atoms with van der Waals surface area (Å²) in [6.07, 6.45) is 0. The summed E-state index contributed by atoms with van der Waals surface area (Å²) >= 11 is 7.23. The van der Waals surface area contributed by atoms with Crippen molar-refractivity contribution in [1.29, 1.82) is 5.26 Å². The van der Waals surface area contributed by atoms with E-state index in [0.29, 0.717) is 21.8 Å². The maximum Gasteiger partial charge on any atom is 0.219 e. The molecule has 0 aliphatic heterocycles. The first-order valence-electron chi connectivity index (χ1n) is 9.17. The summed E-state index contributed by atoms with van der Waals surface area (Å²) < 4.78 is 40.5. The van der Waals surface area contributed by atoms with Crippen LogP contribution in [0.15, 0.2) is 87.6 Å². The van der Waals surface area contributed by atoms with E-state index < -0.39 is 20.6 Å². The van der Waals surface area contributed by atoms with Gasteiger partial charge in [-0.1, -0.05) is 54.1 Å². The van der Waals surface area contributed by atoms with E-state index in [9.17, 15) is 18.1 Å². The van der Waals surface area contributed by atoms with Crippen LogP contribution in [0.2, 0.25) is 5.02 Å². The molecule has 1 N–H and O–H groups in total. The molecule has 0 amide bonds. The third kappa shape index (κ3) is 5.28. The largest absolute Gasteiger partial charge is 0.348 e. The van der Waals surface area contributed by atoms with E-state index in [1.807, 2.05) is 6.07 Å². The lowest BCUT2D eigenvalue weighted by molar-refractivity contribution is 0.603. The van der Waals surface area contributed by atoms with Crippen molar-refractivity contribution in [2.24, 2.45) is 0 Å². The molecule has 0 radical (unpaired) electrons. The SMILES string of the molecule is Cc1c(Cl)cccc1NC(SCc1ccccc1F)=C(C#N)S(=O)(=O)c1ccccc1. The van der Waals surface area contributed by atoms with Crippen molar-refractivity contribution in [1.82, 2.24) is 0 Å². The predicted octanol–water partition coefficient (Wildman–Crippen LogP) is 6.30. The standard InChI is InChI=1S/C23H18ClFN2O2S2/c1-16-19(24)11-7-13-21(16)27-23(30-15-17-8-5-6-12-20(17)25)22(14-26)31(28,29)18-9-3-2-4-10-18/h2-13,27H,15H2,1H3. The first kappa shape index (κ1) is 22.9. The molecule has 4 nitrogen and oxygen atoms in total. The average Bonchev–Trinajstić information content (AvgIpc) is 2.77. The second-order valence-corrected chi connectivity index (χ2v) is 9.78. The normalized spacial score (nSPS) is 12.1.